The van der Waals surface area contributed by atoms with Gasteiger partial charge in [-0.25, -0.2) is 4.79 Å². The van der Waals surface area contributed by atoms with Crippen molar-refractivity contribution in [1.29, 1.82) is 0 Å². The van der Waals surface area contributed by atoms with E-state index in [0.29, 0.717) is 23.8 Å². The number of allylic oxidation sites excluding steroid dienone is 1. The molecule has 0 aliphatic heterocycles. The third-order valence-electron chi connectivity index (χ3n) is 4.75. The summed E-state index contributed by atoms with van der Waals surface area (Å²) in [7, 11) is 0. The summed E-state index contributed by atoms with van der Waals surface area (Å²) in [6, 6.07) is 15.0. The maximum Gasteiger partial charge on any atom is 0.325 e. The van der Waals surface area contributed by atoms with Gasteiger partial charge in [0.25, 0.3) is 0 Å². The van der Waals surface area contributed by atoms with Gasteiger partial charge in [0, 0.05) is 18.7 Å². The molecule has 3 rings (SSSR count). The van der Waals surface area contributed by atoms with Crippen LogP contribution in [0.3, 0.4) is 0 Å². The molecule has 0 bridgehead atoms. The van der Waals surface area contributed by atoms with Crippen molar-refractivity contribution in [2.24, 2.45) is 0 Å². The van der Waals surface area contributed by atoms with Gasteiger partial charge in [0.15, 0.2) is 5.16 Å². The van der Waals surface area contributed by atoms with Gasteiger partial charge in [-0.3, -0.25) is 10.1 Å². The summed E-state index contributed by atoms with van der Waals surface area (Å²) in [6.45, 7) is 8.21. The highest BCUT2D eigenvalue weighted by Gasteiger charge is 2.15. The Morgan fingerprint density at radius 1 is 1.10 bits per heavy atom. The van der Waals surface area contributed by atoms with Crippen molar-refractivity contribution in [3.05, 3.63) is 83.7 Å². The molecule has 7 nitrogen and oxygen atoms in total. The van der Waals surface area contributed by atoms with Gasteiger partial charge >= 0.3 is 6.03 Å². The first-order valence-electron chi connectivity index (χ1n) is 9.84. The highest BCUT2D eigenvalue weighted by Crippen LogP contribution is 2.20. The molecule has 0 radical (unpaired) electrons. The molecular weight excluding hydrogens is 410 g/mol. The van der Waals surface area contributed by atoms with Gasteiger partial charge in [-0.05, 0) is 36.6 Å². The van der Waals surface area contributed by atoms with Crippen molar-refractivity contribution in [2.75, 3.05) is 11.1 Å². The van der Waals surface area contributed by atoms with Gasteiger partial charge in [0.1, 0.15) is 5.82 Å². The van der Waals surface area contributed by atoms with Crippen LogP contribution in [0.4, 0.5) is 10.5 Å². The second-order valence-electron chi connectivity index (χ2n) is 7.00. The fraction of sp³-hybridized carbons (Fsp3) is 0.217. The maximum absolute atomic E-state index is 12.3. The minimum absolute atomic E-state index is 0.0425. The molecular formula is C23H25N5O2S. The Morgan fingerprint density at radius 2 is 1.87 bits per heavy atom. The Labute approximate surface area is 186 Å². The Balaban J connectivity index is 1.58. The standard InChI is InChI=1S/C23H25N5O2S/c1-4-13-28-20(14-18-10-6-5-7-11-18)26-27-23(28)31-15-21(29)25-22(30)24-19-12-8-9-16(2)17(19)3/h4-12H,1,13-15H2,2-3H3,(H2,24,25,29,30). The molecule has 3 amide bonds. The maximum atomic E-state index is 12.3. The monoisotopic (exact) mass is 435 g/mol. The number of aromatic nitrogens is 3. The van der Waals surface area contributed by atoms with E-state index < -0.39 is 11.9 Å². The van der Waals surface area contributed by atoms with Crippen LogP contribution in [0.5, 0.6) is 0 Å². The molecule has 0 atom stereocenters. The number of carbonyl (C=O) groups is 2. The van der Waals surface area contributed by atoms with E-state index in [1.807, 2.05) is 60.9 Å². The van der Waals surface area contributed by atoms with Crippen LogP contribution in [-0.2, 0) is 17.8 Å². The predicted molar refractivity (Wildman–Crippen MR) is 123 cm³/mol. The van der Waals surface area contributed by atoms with Gasteiger partial charge in [-0.1, -0.05) is 60.3 Å². The second-order valence-corrected chi connectivity index (χ2v) is 7.94. The highest BCUT2D eigenvalue weighted by molar-refractivity contribution is 7.99. The number of benzene rings is 2. The smallest absolute Gasteiger partial charge is 0.307 e. The zero-order valence-corrected chi connectivity index (χ0v) is 18.4. The molecule has 160 valence electrons. The van der Waals surface area contributed by atoms with Crippen molar-refractivity contribution in [3.63, 3.8) is 0 Å². The molecule has 0 aliphatic rings. The number of aryl methyl sites for hydroxylation is 1. The molecule has 3 aromatic rings. The van der Waals surface area contributed by atoms with Gasteiger partial charge in [0.05, 0.1) is 5.75 Å². The number of thioether (sulfide) groups is 1. The van der Waals surface area contributed by atoms with Crippen LogP contribution in [0.25, 0.3) is 0 Å². The molecule has 0 aliphatic carbocycles. The quantitative estimate of drug-likeness (QED) is 0.411. The Kier molecular flexibility index (Phi) is 7.61. The normalized spacial score (nSPS) is 10.5. The molecule has 0 fully saturated rings. The lowest BCUT2D eigenvalue weighted by Gasteiger charge is -2.11. The molecule has 8 heteroatoms. The average molecular weight is 436 g/mol. The van der Waals surface area contributed by atoms with Crippen LogP contribution >= 0.6 is 11.8 Å². The van der Waals surface area contributed by atoms with Crippen molar-refractivity contribution < 1.29 is 9.59 Å². The van der Waals surface area contributed by atoms with Crippen LogP contribution in [0.2, 0.25) is 0 Å². The third-order valence-corrected chi connectivity index (χ3v) is 5.72. The summed E-state index contributed by atoms with van der Waals surface area (Å²) in [5.41, 5.74) is 3.82. The predicted octanol–water partition coefficient (Wildman–Crippen LogP) is 4.11. The first kappa shape index (κ1) is 22.3. The largest absolute Gasteiger partial charge is 0.325 e. The molecule has 0 unspecified atom stereocenters. The van der Waals surface area contributed by atoms with Gasteiger partial charge in [0.2, 0.25) is 5.91 Å². The number of amides is 3. The van der Waals surface area contributed by atoms with Crippen LogP contribution in [-0.4, -0.2) is 32.5 Å². The number of anilines is 1. The van der Waals surface area contributed by atoms with Crippen molar-refractivity contribution >= 4 is 29.4 Å². The van der Waals surface area contributed by atoms with E-state index in [1.165, 1.54) is 11.8 Å². The van der Waals surface area contributed by atoms with Crippen molar-refractivity contribution in [1.82, 2.24) is 20.1 Å². The molecule has 1 aromatic heterocycles. The van der Waals surface area contributed by atoms with Crippen molar-refractivity contribution in [2.45, 2.75) is 32.0 Å². The van der Waals surface area contributed by atoms with E-state index in [2.05, 4.69) is 27.4 Å². The lowest BCUT2D eigenvalue weighted by atomic mass is 10.1. The Hall–Kier alpha value is -3.39. The molecule has 0 saturated carbocycles. The summed E-state index contributed by atoms with van der Waals surface area (Å²) in [6.07, 6.45) is 2.40. The summed E-state index contributed by atoms with van der Waals surface area (Å²) in [5.74, 6) is 0.424. The second kappa shape index (κ2) is 10.6. The van der Waals surface area contributed by atoms with Gasteiger partial charge in [-0.15, -0.1) is 16.8 Å². The third kappa shape index (κ3) is 6.05. The fourth-order valence-corrected chi connectivity index (χ4v) is 3.75. The van der Waals surface area contributed by atoms with Crippen LogP contribution in [0.15, 0.2) is 66.3 Å². The summed E-state index contributed by atoms with van der Waals surface area (Å²) in [4.78, 5) is 24.4. The van der Waals surface area contributed by atoms with Crippen molar-refractivity contribution in [3.8, 4) is 0 Å². The Bertz CT molecular complexity index is 1080. The molecule has 1 heterocycles. The number of rotatable bonds is 8. The van der Waals surface area contributed by atoms with E-state index in [0.717, 1.165) is 22.5 Å². The fourth-order valence-electron chi connectivity index (χ4n) is 2.98. The van der Waals surface area contributed by atoms with Crippen LogP contribution in [0, 0.1) is 13.8 Å². The minimum atomic E-state index is -0.559. The topological polar surface area (TPSA) is 88.9 Å². The van der Waals surface area contributed by atoms with E-state index in [-0.39, 0.29) is 5.75 Å². The molecule has 0 saturated heterocycles. The molecule has 31 heavy (non-hydrogen) atoms. The van der Waals surface area contributed by atoms with E-state index >= 15 is 0 Å². The molecule has 0 spiro atoms. The minimum Gasteiger partial charge on any atom is -0.307 e. The van der Waals surface area contributed by atoms with Crippen LogP contribution in [0.1, 0.15) is 22.5 Å². The first-order chi connectivity index (χ1) is 15.0. The zero-order valence-electron chi connectivity index (χ0n) is 17.6. The van der Waals surface area contributed by atoms with Gasteiger partial charge < -0.3 is 9.88 Å². The number of nitrogens with zero attached hydrogens (tertiary/aromatic N) is 3. The summed E-state index contributed by atoms with van der Waals surface area (Å²) >= 11 is 1.23. The lowest BCUT2D eigenvalue weighted by molar-refractivity contribution is -0.117. The van der Waals surface area contributed by atoms with E-state index in [1.54, 1.807) is 12.1 Å². The first-order valence-corrected chi connectivity index (χ1v) is 10.8. The number of nitrogens with one attached hydrogen (secondary N) is 2. The number of hydrogen-bond acceptors (Lipinski definition) is 5. The van der Waals surface area contributed by atoms with E-state index in [4.69, 9.17) is 0 Å². The van der Waals surface area contributed by atoms with E-state index in [9.17, 15) is 9.59 Å². The van der Waals surface area contributed by atoms with Crippen LogP contribution < -0.4 is 10.6 Å². The zero-order chi connectivity index (χ0) is 22.2. The summed E-state index contributed by atoms with van der Waals surface area (Å²) in [5, 5.41) is 14.2. The number of hydrogen-bond donors (Lipinski definition) is 2. The SMILES string of the molecule is C=CCn1c(Cc2ccccc2)nnc1SCC(=O)NC(=O)Nc1cccc(C)c1C. The average Bonchev–Trinajstić information content (AvgIpc) is 3.12. The Morgan fingerprint density at radius 3 is 2.61 bits per heavy atom. The lowest BCUT2D eigenvalue weighted by Crippen LogP contribution is -2.35. The number of urea groups is 1. The highest BCUT2D eigenvalue weighted by atomic mass is 32.2. The number of carbonyl (C=O) groups excluding carboxylic acids is 2. The molecule has 2 N–H and O–H groups in total. The van der Waals surface area contributed by atoms with Gasteiger partial charge in [-0.2, -0.15) is 0 Å². The summed E-state index contributed by atoms with van der Waals surface area (Å²) < 4.78 is 1.92. The number of imide groups is 1. The molecule has 2 aromatic carbocycles.